The van der Waals surface area contributed by atoms with E-state index >= 15 is 0 Å². The fourth-order valence-corrected chi connectivity index (χ4v) is 9.79. The summed E-state index contributed by atoms with van der Waals surface area (Å²) in [6, 6.07) is 71.6. The van der Waals surface area contributed by atoms with Crippen LogP contribution in [0.3, 0.4) is 0 Å². The number of hydrogen-bond donors (Lipinski definition) is 0. The van der Waals surface area contributed by atoms with Gasteiger partial charge in [0.25, 0.3) is 0 Å². The van der Waals surface area contributed by atoms with Crippen LogP contribution in [0, 0.1) is 0 Å². The Morgan fingerprint density at radius 2 is 0.944 bits per heavy atom. The molecule has 0 atom stereocenters. The minimum absolute atomic E-state index is 0.601. The van der Waals surface area contributed by atoms with E-state index < -0.39 is 5.41 Å². The van der Waals surface area contributed by atoms with Crippen LogP contribution >= 0.6 is 0 Å². The average molecular weight is 685 g/mol. The molecule has 250 valence electrons. The molecule has 54 heavy (non-hydrogen) atoms. The molecular formula is C53H32O. The molecule has 1 aromatic heterocycles. The number of rotatable bonds is 4. The number of furan rings is 1. The quantitative estimate of drug-likeness (QED) is 0.168. The summed E-state index contributed by atoms with van der Waals surface area (Å²) < 4.78 is 7.01. The van der Waals surface area contributed by atoms with Gasteiger partial charge in [0.05, 0.1) is 5.41 Å². The Balaban J connectivity index is 1.21. The van der Waals surface area contributed by atoms with E-state index in [0.29, 0.717) is 0 Å². The first-order chi connectivity index (χ1) is 26.8. The molecule has 0 radical (unpaired) electrons. The summed E-state index contributed by atoms with van der Waals surface area (Å²) in [6.45, 7) is 0. The van der Waals surface area contributed by atoms with Crippen LogP contribution in [0.2, 0.25) is 0 Å². The topological polar surface area (TPSA) is 13.1 Å². The summed E-state index contributed by atoms with van der Waals surface area (Å²) in [5.41, 5.74) is 13.4. The second kappa shape index (κ2) is 11.0. The van der Waals surface area contributed by atoms with Gasteiger partial charge in [0, 0.05) is 16.3 Å². The molecule has 0 unspecified atom stereocenters. The van der Waals surface area contributed by atoms with Gasteiger partial charge in [-0.15, -0.1) is 0 Å². The van der Waals surface area contributed by atoms with Crippen LogP contribution in [0.5, 0.6) is 0 Å². The average Bonchev–Trinajstić information content (AvgIpc) is 3.77. The molecule has 0 amide bonds. The lowest BCUT2D eigenvalue weighted by Gasteiger charge is -2.34. The molecule has 1 heterocycles. The first-order valence-electron chi connectivity index (χ1n) is 18.8. The second-order valence-electron chi connectivity index (χ2n) is 14.8. The first-order valence-corrected chi connectivity index (χ1v) is 18.8. The SMILES string of the molecule is c1ccc(-c2cc3c(c4oc5ccccc5c24)-c2ccc(-c4cc5ccc6cccc7ccc(c4)c5c67)cc2C3(c2ccccc2)c2ccccc2)cc1. The minimum Gasteiger partial charge on any atom is -0.455 e. The smallest absolute Gasteiger partial charge is 0.144 e. The van der Waals surface area contributed by atoms with Crippen molar-refractivity contribution in [3.05, 3.63) is 216 Å². The summed E-state index contributed by atoms with van der Waals surface area (Å²) >= 11 is 0. The maximum absolute atomic E-state index is 7.01. The van der Waals surface area contributed by atoms with E-state index in [0.717, 1.165) is 21.9 Å². The number of hydrogen-bond acceptors (Lipinski definition) is 1. The molecule has 1 nitrogen and oxygen atoms in total. The standard InChI is InChI=1S/C53H32O/c1-4-13-33(14-5-1)44-32-46-51(52-50(44)43-21-10-11-22-47(43)54-52)42-28-27-36(31-45(42)53(46,40-17-6-2-7-18-40)41-19-8-3-9-20-41)39-29-37-25-23-34-15-12-16-35-24-26-38(30-39)49(37)48(34)35/h1-32H. The van der Waals surface area contributed by atoms with Crippen molar-refractivity contribution in [1.82, 2.24) is 0 Å². The van der Waals surface area contributed by atoms with Gasteiger partial charge in [-0.1, -0.05) is 164 Å². The predicted molar refractivity (Wildman–Crippen MR) is 226 cm³/mol. The zero-order valence-electron chi connectivity index (χ0n) is 29.4. The third kappa shape index (κ3) is 3.93. The van der Waals surface area contributed by atoms with Crippen LogP contribution in [-0.2, 0) is 5.41 Å². The van der Waals surface area contributed by atoms with E-state index in [1.807, 2.05) is 0 Å². The summed E-state index contributed by atoms with van der Waals surface area (Å²) in [5.74, 6) is 0. The highest BCUT2D eigenvalue weighted by molar-refractivity contribution is 6.24. The van der Waals surface area contributed by atoms with Crippen molar-refractivity contribution in [2.24, 2.45) is 0 Å². The van der Waals surface area contributed by atoms with Crippen LogP contribution in [-0.4, -0.2) is 0 Å². The Hall–Kier alpha value is -6.96. The van der Waals surface area contributed by atoms with E-state index in [9.17, 15) is 0 Å². The van der Waals surface area contributed by atoms with Gasteiger partial charge in [-0.3, -0.25) is 0 Å². The van der Waals surface area contributed by atoms with Crippen molar-refractivity contribution < 1.29 is 4.42 Å². The lowest BCUT2D eigenvalue weighted by molar-refractivity contribution is 0.669. The van der Waals surface area contributed by atoms with Gasteiger partial charge in [-0.2, -0.15) is 0 Å². The second-order valence-corrected chi connectivity index (χ2v) is 14.8. The van der Waals surface area contributed by atoms with Crippen LogP contribution in [0.1, 0.15) is 22.3 Å². The zero-order chi connectivity index (χ0) is 35.4. The van der Waals surface area contributed by atoms with Gasteiger partial charge in [0.1, 0.15) is 11.2 Å². The Bertz CT molecular complexity index is 3140. The third-order valence-corrected chi connectivity index (χ3v) is 12.0. The van der Waals surface area contributed by atoms with Crippen molar-refractivity contribution in [3.63, 3.8) is 0 Å². The highest BCUT2D eigenvalue weighted by Gasteiger charge is 2.48. The fourth-order valence-electron chi connectivity index (χ4n) is 9.79. The molecule has 1 aliphatic carbocycles. The third-order valence-electron chi connectivity index (χ3n) is 12.0. The monoisotopic (exact) mass is 684 g/mol. The molecule has 0 saturated heterocycles. The Morgan fingerprint density at radius 3 is 1.63 bits per heavy atom. The summed E-state index contributed by atoms with van der Waals surface area (Å²) in [5, 5.41) is 10.1. The molecule has 0 bridgehead atoms. The predicted octanol–water partition coefficient (Wildman–Crippen LogP) is 14.2. The summed E-state index contributed by atoms with van der Waals surface area (Å²) in [4.78, 5) is 0. The van der Waals surface area contributed by atoms with Gasteiger partial charge in [-0.05, 0) is 113 Å². The van der Waals surface area contributed by atoms with Crippen molar-refractivity contribution in [1.29, 1.82) is 0 Å². The van der Waals surface area contributed by atoms with Gasteiger partial charge in [-0.25, -0.2) is 0 Å². The first kappa shape index (κ1) is 29.6. The molecule has 0 N–H and O–H groups in total. The van der Waals surface area contributed by atoms with E-state index in [1.54, 1.807) is 0 Å². The van der Waals surface area contributed by atoms with E-state index in [1.165, 1.54) is 88.0 Å². The van der Waals surface area contributed by atoms with Crippen LogP contribution in [0.4, 0.5) is 0 Å². The number of para-hydroxylation sites is 1. The Labute approximate surface area is 312 Å². The normalized spacial score (nSPS) is 13.3. The van der Waals surface area contributed by atoms with Gasteiger partial charge >= 0.3 is 0 Å². The number of fused-ring (bicyclic) bond motifs is 7. The highest BCUT2D eigenvalue weighted by atomic mass is 16.3. The molecule has 0 fully saturated rings. The summed E-state index contributed by atoms with van der Waals surface area (Å²) in [6.07, 6.45) is 0. The van der Waals surface area contributed by atoms with Crippen molar-refractivity contribution in [2.75, 3.05) is 0 Å². The van der Waals surface area contributed by atoms with E-state index in [-0.39, 0.29) is 0 Å². The molecule has 1 aliphatic rings. The maximum atomic E-state index is 7.01. The van der Waals surface area contributed by atoms with E-state index in [4.69, 9.17) is 4.42 Å². The van der Waals surface area contributed by atoms with Crippen molar-refractivity contribution in [3.8, 4) is 33.4 Å². The highest BCUT2D eigenvalue weighted by Crippen LogP contribution is 2.60. The van der Waals surface area contributed by atoms with Crippen LogP contribution < -0.4 is 0 Å². The molecule has 11 aromatic rings. The maximum Gasteiger partial charge on any atom is 0.144 e. The van der Waals surface area contributed by atoms with Crippen LogP contribution in [0.15, 0.2) is 199 Å². The lowest BCUT2D eigenvalue weighted by atomic mass is 9.67. The van der Waals surface area contributed by atoms with E-state index in [2.05, 4.69) is 194 Å². The van der Waals surface area contributed by atoms with Gasteiger partial charge in [0.2, 0.25) is 0 Å². The Kier molecular flexibility index (Phi) is 6.04. The molecule has 0 aliphatic heterocycles. The molecular weight excluding hydrogens is 653 g/mol. The largest absolute Gasteiger partial charge is 0.455 e. The minimum atomic E-state index is -0.601. The zero-order valence-corrected chi connectivity index (χ0v) is 29.4. The van der Waals surface area contributed by atoms with Crippen LogP contribution in [0.25, 0.3) is 87.6 Å². The summed E-state index contributed by atoms with van der Waals surface area (Å²) in [7, 11) is 0. The molecule has 10 aromatic carbocycles. The van der Waals surface area contributed by atoms with Gasteiger partial charge < -0.3 is 4.42 Å². The lowest BCUT2D eigenvalue weighted by Crippen LogP contribution is -2.28. The molecule has 12 rings (SSSR count). The van der Waals surface area contributed by atoms with Crippen molar-refractivity contribution >= 4 is 54.3 Å². The fraction of sp³-hybridized carbons (Fsp3) is 0.0189. The molecule has 1 heteroatoms. The molecule has 0 saturated carbocycles. The molecule has 0 spiro atoms. The van der Waals surface area contributed by atoms with Crippen molar-refractivity contribution in [2.45, 2.75) is 5.41 Å². The Morgan fingerprint density at radius 1 is 0.352 bits per heavy atom. The number of benzene rings is 10. The van der Waals surface area contributed by atoms with Gasteiger partial charge in [0.15, 0.2) is 0 Å².